The number of aliphatic hydroxyl groups is 1. The van der Waals surface area contributed by atoms with Gasteiger partial charge in [-0.3, -0.25) is 0 Å². The first kappa shape index (κ1) is 25.8. The molecule has 1 aromatic rings. The van der Waals surface area contributed by atoms with Crippen molar-refractivity contribution in [1.29, 1.82) is 0 Å². The summed E-state index contributed by atoms with van der Waals surface area (Å²) in [5.74, 6) is 1.59. The van der Waals surface area contributed by atoms with Gasteiger partial charge in [0, 0.05) is 17.8 Å². The molecule has 0 bridgehead atoms. The SMILES string of the molecule is CCCCOC[C@H](O)CS/C=C(\O[Si](C(C)C)(C(C)C)C(C)C)c1cccs1. The van der Waals surface area contributed by atoms with Crippen LogP contribution in [0.15, 0.2) is 22.9 Å². The van der Waals surface area contributed by atoms with E-state index in [-0.39, 0.29) is 0 Å². The minimum Gasteiger partial charge on any atom is -0.541 e. The zero-order chi connectivity index (χ0) is 21.2. The molecule has 1 heterocycles. The molecule has 0 aliphatic heterocycles. The molecule has 0 saturated carbocycles. The molecule has 162 valence electrons. The maximum absolute atomic E-state index is 10.2. The largest absolute Gasteiger partial charge is 0.541 e. The van der Waals surface area contributed by atoms with Gasteiger partial charge in [-0.25, -0.2) is 0 Å². The predicted octanol–water partition coefficient (Wildman–Crippen LogP) is 7.15. The first-order valence-electron chi connectivity index (χ1n) is 10.6. The minimum atomic E-state index is -2.02. The van der Waals surface area contributed by atoms with Gasteiger partial charge in [-0.05, 0) is 34.5 Å². The minimum absolute atomic E-state index is 0.401. The molecule has 1 atom stereocenters. The topological polar surface area (TPSA) is 38.7 Å². The van der Waals surface area contributed by atoms with E-state index in [9.17, 15) is 5.11 Å². The van der Waals surface area contributed by atoms with Crippen LogP contribution in [-0.4, -0.2) is 38.5 Å². The van der Waals surface area contributed by atoms with E-state index in [1.165, 1.54) is 4.88 Å². The lowest BCUT2D eigenvalue weighted by atomic mass is 10.3. The molecule has 0 unspecified atom stereocenters. The summed E-state index contributed by atoms with van der Waals surface area (Å²) in [6, 6.07) is 4.20. The number of unbranched alkanes of at least 4 members (excludes halogenated alkanes) is 1. The number of thioether (sulfide) groups is 1. The Morgan fingerprint density at radius 3 is 2.32 bits per heavy atom. The monoisotopic (exact) mass is 444 g/mol. The van der Waals surface area contributed by atoms with E-state index in [1.54, 1.807) is 23.1 Å². The molecule has 0 aromatic carbocycles. The summed E-state index contributed by atoms with van der Waals surface area (Å²) in [7, 11) is -2.02. The van der Waals surface area contributed by atoms with E-state index < -0.39 is 14.4 Å². The van der Waals surface area contributed by atoms with Gasteiger partial charge < -0.3 is 14.3 Å². The van der Waals surface area contributed by atoms with Gasteiger partial charge in [0.2, 0.25) is 0 Å². The van der Waals surface area contributed by atoms with E-state index in [1.807, 2.05) is 0 Å². The summed E-state index contributed by atoms with van der Waals surface area (Å²) < 4.78 is 12.5. The van der Waals surface area contributed by atoms with Crippen molar-refractivity contribution >= 4 is 37.2 Å². The third kappa shape index (κ3) is 7.52. The van der Waals surface area contributed by atoms with Crippen molar-refractivity contribution in [3.05, 3.63) is 27.8 Å². The first-order valence-corrected chi connectivity index (χ1v) is 14.6. The van der Waals surface area contributed by atoms with Crippen LogP contribution >= 0.6 is 23.1 Å². The molecular formula is C22H40O3S2Si. The lowest BCUT2D eigenvalue weighted by Crippen LogP contribution is -2.47. The van der Waals surface area contributed by atoms with Crippen LogP contribution in [0, 0.1) is 0 Å². The third-order valence-electron chi connectivity index (χ3n) is 5.19. The predicted molar refractivity (Wildman–Crippen MR) is 129 cm³/mol. The van der Waals surface area contributed by atoms with E-state index in [0.29, 0.717) is 29.0 Å². The lowest BCUT2D eigenvalue weighted by Gasteiger charge is -2.42. The second kappa shape index (κ2) is 13.1. The highest BCUT2D eigenvalue weighted by Crippen LogP contribution is 2.45. The van der Waals surface area contributed by atoms with Gasteiger partial charge in [-0.2, -0.15) is 0 Å². The van der Waals surface area contributed by atoms with Crippen LogP contribution in [0.2, 0.25) is 16.6 Å². The molecule has 0 spiro atoms. The van der Waals surface area contributed by atoms with Gasteiger partial charge in [0.25, 0.3) is 8.32 Å². The van der Waals surface area contributed by atoms with Gasteiger partial charge in [0.15, 0.2) is 0 Å². The van der Waals surface area contributed by atoms with Crippen molar-refractivity contribution in [3.8, 4) is 0 Å². The van der Waals surface area contributed by atoms with E-state index >= 15 is 0 Å². The molecule has 1 aromatic heterocycles. The van der Waals surface area contributed by atoms with E-state index in [0.717, 1.165) is 25.2 Å². The summed E-state index contributed by atoms with van der Waals surface area (Å²) in [5.41, 5.74) is 1.58. The van der Waals surface area contributed by atoms with Crippen LogP contribution in [0.5, 0.6) is 0 Å². The molecule has 3 nitrogen and oxygen atoms in total. The van der Waals surface area contributed by atoms with Crippen LogP contribution in [-0.2, 0) is 9.16 Å². The van der Waals surface area contributed by atoms with Crippen LogP contribution in [0.25, 0.3) is 5.76 Å². The summed E-state index contributed by atoms with van der Waals surface area (Å²) >= 11 is 3.33. The number of hydrogen-bond donors (Lipinski definition) is 1. The Kier molecular flexibility index (Phi) is 12.1. The molecule has 0 aliphatic carbocycles. The van der Waals surface area contributed by atoms with Gasteiger partial charge in [-0.15, -0.1) is 23.1 Å². The Morgan fingerprint density at radius 2 is 1.82 bits per heavy atom. The first-order chi connectivity index (χ1) is 13.3. The quantitative estimate of drug-likeness (QED) is 0.188. The molecule has 0 fully saturated rings. The number of hydrogen-bond acceptors (Lipinski definition) is 5. The second-order valence-corrected chi connectivity index (χ2v) is 15.5. The molecule has 0 amide bonds. The highest BCUT2D eigenvalue weighted by atomic mass is 32.2. The van der Waals surface area contributed by atoms with Crippen molar-refractivity contribution in [2.45, 2.75) is 84.0 Å². The fraction of sp³-hybridized carbons (Fsp3) is 0.727. The Bertz CT molecular complexity index is 534. The molecule has 1 rings (SSSR count). The fourth-order valence-corrected chi connectivity index (χ4v) is 10.8. The molecule has 28 heavy (non-hydrogen) atoms. The number of aliphatic hydroxyl groups excluding tert-OH is 1. The average molecular weight is 445 g/mol. The lowest BCUT2D eigenvalue weighted by molar-refractivity contribution is 0.0474. The van der Waals surface area contributed by atoms with Crippen LogP contribution < -0.4 is 0 Å². The molecule has 1 N–H and O–H groups in total. The Hall–Kier alpha value is -0.273. The normalized spacial score (nSPS) is 14.3. The van der Waals surface area contributed by atoms with Gasteiger partial charge in [0.1, 0.15) is 5.76 Å². The summed E-state index contributed by atoms with van der Waals surface area (Å²) in [6.07, 6.45) is 1.70. The molecule has 0 saturated heterocycles. The number of rotatable bonds is 14. The zero-order valence-electron chi connectivity index (χ0n) is 18.7. The third-order valence-corrected chi connectivity index (χ3v) is 13.0. The molecular weight excluding hydrogens is 404 g/mol. The molecule has 6 heteroatoms. The van der Waals surface area contributed by atoms with E-state index in [2.05, 4.69) is 71.4 Å². The van der Waals surface area contributed by atoms with Crippen LogP contribution in [0.1, 0.15) is 66.2 Å². The maximum atomic E-state index is 10.2. The van der Waals surface area contributed by atoms with Gasteiger partial charge in [-0.1, -0.05) is 61.0 Å². The van der Waals surface area contributed by atoms with Gasteiger partial charge >= 0.3 is 0 Å². The van der Waals surface area contributed by atoms with Crippen molar-refractivity contribution in [3.63, 3.8) is 0 Å². The highest BCUT2D eigenvalue weighted by Gasteiger charge is 2.47. The summed E-state index contributed by atoms with van der Waals surface area (Å²) in [5, 5.41) is 14.4. The highest BCUT2D eigenvalue weighted by molar-refractivity contribution is 8.02. The number of thiophene rings is 1. The Morgan fingerprint density at radius 1 is 1.18 bits per heavy atom. The molecule has 0 radical (unpaired) electrons. The molecule has 0 aliphatic rings. The van der Waals surface area contributed by atoms with Crippen molar-refractivity contribution in [2.75, 3.05) is 19.0 Å². The summed E-state index contributed by atoms with van der Waals surface area (Å²) in [6.45, 7) is 17.1. The van der Waals surface area contributed by atoms with Crippen molar-refractivity contribution < 1.29 is 14.3 Å². The fourth-order valence-electron chi connectivity index (χ4n) is 3.84. The zero-order valence-corrected chi connectivity index (χ0v) is 21.4. The van der Waals surface area contributed by atoms with Gasteiger partial charge in [0.05, 0.1) is 17.6 Å². The van der Waals surface area contributed by atoms with Crippen molar-refractivity contribution in [2.24, 2.45) is 0 Å². The summed E-state index contributed by atoms with van der Waals surface area (Å²) in [4.78, 5) is 1.17. The Labute approximate surface area is 182 Å². The standard InChI is InChI=1S/C22H40O3S2Si/c1-8-9-12-24-14-20(23)15-26-16-21(22-11-10-13-27-22)25-28(17(2)3,18(4)5)19(6)7/h10-11,13,16-20,23H,8-9,12,14-15H2,1-7H3/b21-16-/t20-/m0/s1. The maximum Gasteiger partial charge on any atom is 0.258 e. The smallest absolute Gasteiger partial charge is 0.258 e. The number of ether oxygens (including phenoxy) is 1. The van der Waals surface area contributed by atoms with Crippen LogP contribution in [0.3, 0.4) is 0 Å². The van der Waals surface area contributed by atoms with E-state index in [4.69, 9.17) is 9.16 Å². The van der Waals surface area contributed by atoms with Crippen molar-refractivity contribution in [1.82, 2.24) is 0 Å². The van der Waals surface area contributed by atoms with Crippen LogP contribution in [0.4, 0.5) is 0 Å². The Balaban J connectivity index is 2.88. The second-order valence-electron chi connectivity index (χ2n) is 8.29. The average Bonchev–Trinajstić information content (AvgIpc) is 3.15.